The van der Waals surface area contributed by atoms with Crippen molar-refractivity contribution in [2.75, 3.05) is 7.05 Å². The molecule has 5 heteroatoms. The lowest BCUT2D eigenvalue weighted by atomic mass is 9.64. The highest BCUT2D eigenvalue weighted by Gasteiger charge is 2.62. The first-order valence-corrected chi connectivity index (χ1v) is 11.5. The van der Waals surface area contributed by atoms with Crippen LogP contribution in [0.2, 0.25) is 0 Å². The zero-order chi connectivity index (χ0) is 21.0. The molecule has 1 amide bonds. The second-order valence-electron chi connectivity index (χ2n) is 10.0. The third-order valence-electron chi connectivity index (χ3n) is 8.24. The number of benzene rings is 1. The number of fused-ring (bicyclic) bond motifs is 1. The number of hydrogen-bond acceptors (Lipinski definition) is 3. The Bertz CT molecular complexity index is 938. The zero-order valence-electron chi connectivity index (χ0n) is 18.7. The van der Waals surface area contributed by atoms with Crippen LogP contribution in [0.3, 0.4) is 0 Å². The Kier molecular flexibility index (Phi) is 4.77. The second kappa shape index (κ2) is 7.23. The van der Waals surface area contributed by atoms with Gasteiger partial charge in [0.05, 0.1) is 11.7 Å². The van der Waals surface area contributed by atoms with E-state index in [9.17, 15) is 4.79 Å². The van der Waals surface area contributed by atoms with Crippen LogP contribution in [-0.4, -0.2) is 56.7 Å². The van der Waals surface area contributed by atoms with Gasteiger partial charge in [0.2, 0.25) is 5.91 Å². The van der Waals surface area contributed by atoms with Gasteiger partial charge in [-0.1, -0.05) is 37.3 Å². The van der Waals surface area contributed by atoms with E-state index in [2.05, 4.69) is 65.3 Å². The number of piperidine rings is 1. The van der Waals surface area contributed by atoms with E-state index in [1.165, 1.54) is 24.8 Å². The van der Waals surface area contributed by atoms with Crippen LogP contribution in [0.15, 0.2) is 36.4 Å². The Balaban J connectivity index is 1.52. The fraction of sp³-hybridized carbons (Fsp3) is 0.600. The van der Waals surface area contributed by atoms with Gasteiger partial charge in [-0.15, -0.1) is 0 Å². The molecule has 3 heterocycles. The minimum atomic E-state index is 0.204. The molecule has 2 aliphatic heterocycles. The summed E-state index contributed by atoms with van der Waals surface area (Å²) < 4.78 is 1.89. The van der Waals surface area contributed by atoms with Crippen molar-refractivity contribution in [2.24, 2.45) is 5.41 Å². The fourth-order valence-electron chi connectivity index (χ4n) is 6.93. The molecular weight excluding hydrogens is 372 g/mol. The summed E-state index contributed by atoms with van der Waals surface area (Å²) in [6.45, 7) is 6.83. The van der Waals surface area contributed by atoms with Gasteiger partial charge in [0, 0.05) is 29.2 Å². The highest BCUT2D eigenvalue weighted by Crippen LogP contribution is 2.55. The molecule has 1 aliphatic carbocycles. The van der Waals surface area contributed by atoms with Crippen molar-refractivity contribution < 1.29 is 4.79 Å². The van der Waals surface area contributed by atoms with Crippen LogP contribution in [0.1, 0.15) is 49.6 Å². The first kappa shape index (κ1) is 19.8. The lowest BCUT2D eigenvalue weighted by molar-refractivity contribution is -0.145. The molecule has 5 atom stereocenters. The summed E-state index contributed by atoms with van der Waals surface area (Å²) in [5.41, 5.74) is 3.56. The van der Waals surface area contributed by atoms with E-state index >= 15 is 0 Å². The molecule has 3 aliphatic rings. The van der Waals surface area contributed by atoms with Gasteiger partial charge in [-0.3, -0.25) is 14.4 Å². The van der Waals surface area contributed by atoms with Crippen LogP contribution >= 0.6 is 0 Å². The van der Waals surface area contributed by atoms with E-state index in [-0.39, 0.29) is 17.4 Å². The van der Waals surface area contributed by atoms with Crippen LogP contribution < -0.4 is 0 Å². The van der Waals surface area contributed by atoms with E-state index in [0.29, 0.717) is 24.7 Å². The van der Waals surface area contributed by atoms with Crippen molar-refractivity contribution in [1.82, 2.24) is 19.6 Å². The highest BCUT2D eigenvalue weighted by molar-refractivity contribution is 5.77. The largest absolute Gasteiger partial charge is 0.333 e. The average molecular weight is 407 g/mol. The Morgan fingerprint density at radius 2 is 1.90 bits per heavy atom. The molecule has 1 saturated carbocycles. The number of amides is 1. The molecule has 5 nitrogen and oxygen atoms in total. The first-order chi connectivity index (χ1) is 14.4. The van der Waals surface area contributed by atoms with E-state index in [1.807, 2.05) is 18.5 Å². The Morgan fingerprint density at radius 1 is 1.17 bits per heavy atom. The number of rotatable bonds is 4. The number of aromatic nitrogens is 2. The summed E-state index contributed by atoms with van der Waals surface area (Å²) >= 11 is 0. The molecule has 2 saturated heterocycles. The summed E-state index contributed by atoms with van der Waals surface area (Å²) in [4.78, 5) is 18.8. The molecule has 0 unspecified atom stereocenters. The smallest absolute Gasteiger partial charge is 0.244 e. The molecule has 0 N–H and O–H groups in total. The Hall–Kier alpha value is -2.14. The lowest BCUT2D eigenvalue weighted by Gasteiger charge is -2.53. The van der Waals surface area contributed by atoms with E-state index in [4.69, 9.17) is 0 Å². The van der Waals surface area contributed by atoms with Gasteiger partial charge in [-0.05, 0) is 64.6 Å². The van der Waals surface area contributed by atoms with Crippen molar-refractivity contribution in [2.45, 2.75) is 83.6 Å². The van der Waals surface area contributed by atoms with Crippen molar-refractivity contribution in [3.8, 4) is 0 Å². The average Bonchev–Trinajstić information content (AvgIpc) is 3.17. The van der Waals surface area contributed by atoms with E-state index in [0.717, 1.165) is 24.2 Å². The number of nitrogens with zero attached hydrogens (tertiary/aromatic N) is 4. The number of carbonyl (C=O) groups is 1. The van der Waals surface area contributed by atoms with Crippen molar-refractivity contribution in [1.29, 1.82) is 0 Å². The van der Waals surface area contributed by atoms with Gasteiger partial charge < -0.3 is 4.90 Å². The zero-order valence-corrected chi connectivity index (χ0v) is 18.7. The van der Waals surface area contributed by atoms with Crippen LogP contribution in [-0.2, 0) is 17.8 Å². The minimum Gasteiger partial charge on any atom is -0.333 e. The topological polar surface area (TPSA) is 41.4 Å². The number of carbonyl (C=O) groups excluding carboxylic acids is 1. The molecule has 3 fully saturated rings. The predicted molar refractivity (Wildman–Crippen MR) is 118 cm³/mol. The number of likely N-dealkylation sites (tertiary alicyclic amines) is 2. The summed E-state index contributed by atoms with van der Waals surface area (Å²) in [7, 11) is 2.30. The third-order valence-corrected chi connectivity index (χ3v) is 8.24. The van der Waals surface area contributed by atoms with Crippen LogP contribution in [0.5, 0.6) is 0 Å². The van der Waals surface area contributed by atoms with Gasteiger partial charge in [0.25, 0.3) is 0 Å². The first-order valence-electron chi connectivity index (χ1n) is 11.5. The quantitative estimate of drug-likeness (QED) is 0.779. The molecule has 1 aromatic heterocycles. The summed E-state index contributed by atoms with van der Waals surface area (Å²) in [5.74, 6) is 0.235. The van der Waals surface area contributed by atoms with Crippen molar-refractivity contribution >= 4 is 5.91 Å². The standard InChI is InChI=1S/C25H34N4O/c1-17-13-18(2)28(26-17)16-24(30)29-20(14-19-9-6-5-7-10-19)21-15-25(3)22(27(21)4)11-8-12-23(25)29/h5-7,9-10,13,20-23H,8,11-12,14-16H2,1-4H3/t20-,21-,22-,23+,25-/m0/s1. The normalized spacial score (nSPS) is 33.1. The van der Waals surface area contributed by atoms with Gasteiger partial charge in [0.1, 0.15) is 6.54 Å². The van der Waals surface area contributed by atoms with Gasteiger partial charge >= 0.3 is 0 Å². The summed E-state index contributed by atoms with van der Waals surface area (Å²) in [6, 6.07) is 14.3. The molecule has 5 rings (SSSR count). The van der Waals surface area contributed by atoms with Gasteiger partial charge in [0.15, 0.2) is 0 Å². The van der Waals surface area contributed by atoms with E-state index in [1.54, 1.807) is 0 Å². The highest BCUT2D eigenvalue weighted by atomic mass is 16.2. The molecule has 2 bridgehead atoms. The van der Waals surface area contributed by atoms with Gasteiger partial charge in [-0.25, -0.2) is 0 Å². The molecular formula is C25H34N4O. The summed E-state index contributed by atoms with van der Waals surface area (Å²) in [6.07, 6.45) is 5.74. The molecule has 0 spiro atoms. The lowest BCUT2D eigenvalue weighted by Crippen LogP contribution is -2.63. The number of hydrogen-bond donors (Lipinski definition) is 0. The summed E-state index contributed by atoms with van der Waals surface area (Å²) in [5, 5.41) is 4.58. The predicted octanol–water partition coefficient (Wildman–Crippen LogP) is 3.58. The molecule has 1 aromatic carbocycles. The molecule has 0 radical (unpaired) electrons. The van der Waals surface area contributed by atoms with Crippen LogP contribution in [0.4, 0.5) is 0 Å². The third kappa shape index (κ3) is 3.01. The van der Waals surface area contributed by atoms with Crippen molar-refractivity contribution in [3.05, 3.63) is 53.3 Å². The Labute approximate surface area is 180 Å². The number of likely N-dealkylation sites (N-methyl/N-ethyl adjacent to an activating group) is 1. The van der Waals surface area contributed by atoms with Crippen LogP contribution in [0, 0.1) is 19.3 Å². The second-order valence-corrected chi connectivity index (χ2v) is 10.0. The maximum absolute atomic E-state index is 13.8. The monoisotopic (exact) mass is 406 g/mol. The molecule has 160 valence electrons. The van der Waals surface area contributed by atoms with Crippen molar-refractivity contribution in [3.63, 3.8) is 0 Å². The fourth-order valence-corrected chi connectivity index (χ4v) is 6.93. The van der Waals surface area contributed by atoms with Crippen LogP contribution in [0.25, 0.3) is 0 Å². The molecule has 2 aromatic rings. The minimum absolute atomic E-state index is 0.204. The SMILES string of the molecule is Cc1cc(C)n(CC(=O)N2[C@@H](Cc3ccccc3)[C@@H]3C[C@@]4(C)[C@H](CCC[C@@H]24)N3C)n1. The molecule has 30 heavy (non-hydrogen) atoms. The maximum Gasteiger partial charge on any atom is 0.244 e. The maximum atomic E-state index is 13.8. The van der Waals surface area contributed by atoms with E-state index < -0.39 is 0 Å². The Morgan fingerprint density at radius 3 is 2.60 bits per heavy atom. The van der Waals surface area contributed by atoms with Gasteiger partial charge in [-0.2, -0.15) is 5.10 Å². The number of aryl methyl sites for hydroxylation is 2.